The van der Waals surface area contributed by atoms with Gasteiger partial charge >= 0.3 is 0 Å². The third-order valence-corrected chi connectivity index (χ3v) is 5.63. The summed E-state index contributed by atoms with van der Waals surface area (Å²) in [4.78, 5) is 16.8. The highest BCUT2D eigenvalue weighted by Gasteiger charge is 2.13. The Bertz CT molecular complexity index is 1400. The van der Waals surface area contributed by atoms with Gasteiger partial charge in [-0.2, -0.15) is 4.52 Å². The second-order valence-electron chi connectivity index (χ2n) is 6.98. The highest BCUT2D eigenvalue weighted by molar-refractivity contribution is 7.13. The number of carbonyl (C=O) groups excluding carboxylic acids is 1. The molecule has 0 aliphatic heterocycles. The maximum Gasteiger partial charge on any atom is 0.270 e. The standard InChI is InChI=1S/C23H17FN6O2S/c24-17-8-6-15(7-9-17)21-28-27-19-10-11-20(29-30(19)21)32-13-12-25-22(31)18-14-33-23(26-18)16-4-2-1-3-5-16/h1-11,14H,12-13H2,(H,25,31). The van der Waals surface area contributed by atoms with Gasteiger partial charge in [0, 0.05) is 22.6 Å². The molecule has 0 saturated heterocycles. The molecule has 0 fully saturated rings. The van der Waals surface area contributed by atoms with Crippen molar-refractivity contribution in [3.8, 4) is 27.8 Å². The van der Waals surface area contributed by atoms with Crippen molar-refractivity contribution in [3.05, 3.63) is 83.6 Å². The van der Waals surface area contributed by atoms with Crippen molar-refractivity contribution in [2.75, 3.05) is 13.2 Å². The molecule has 3 heterocycles. The van der Waals surface area contributed by atoms with Gasteiger partial charge in [0.1, 0.15) is 23.1 Å². The maximum absolute atomic E-state index is 13.2. The van der Waals surface area contributed by atoms with E-state index in [0.717, 1.165) is 10.6 Å². The molecule has 0 saturated carbocycles. The average molecular weight is 460 g/mol. The summed E-state index contributed by atoms with van der Waals surface area (Å²) in [7, 11) is 0. The molecule has 0 bridgehead atoms. The van der Waals surface area contributed by atoms with Crippen molar-refractivity contribution < 1.29 is 13.9 Å². The minimum absolute atomic E-state index is 0.216. The Morgan fingerprint density at radius 1 is 1.00 bits per heavy atom. The van der Waals surface area contributed by atoms with E-state index in [1.54, 1.807) is 29.6 Å². The molecule has 8 nitrogen and oxygen atoms in total. The minimum Gasteiger partial charge on any atom is -0.475 e. The number of amides is 1. The molecule has 33 heavy (non-hydrogen) atoms. The van der Waals surface area contributed by atoms with Crippen molar-refractivity contribution in [1.29, 1.82) is 0 Å². The predicted molar refractivity (Wildman–Crippen MR) is 122 cm³/mol. The molecule has 0 unspecified atom stereocenters. The van der Waals surface area contributed by atoms with Crippen LogP contribution in [0.2, 0.25) is 0 Å². The van der Waals surface area contributed by atoms with E-state index in [9.17, 15) is 9.18 Å². The molecule has 0 radical (unpaired) electrons. The molecule has 0 spiro atoms. The van der Waals surface area contributed by atoms with Crippen LogP contribution in [0.3, 0.4) is 0 Å². The van der Waals surface area contributed by atoms with Crippen molar-refractivity contribution in [2.24, 2.45) is 0 Å². The van der Waals surface area contributed by atoms with Gasteiger partial charge in [-0.15, -0.1) is 26.6 Å². The number of hydrogen-bond donors (Lipinski definition) is 1. The monoisotopic (exact) mass is 460 g/mol. The SMILES string of the molecule is O=C(NCCOc1ccc2nnc(-c3ccc(F)cc3)n2n1)c1csc(-c2ccccc2)n1. The Hall–Kier alpha value is -4.18. The average Bonchev–Trinajstić information content (AvgIpc) is 3.50. The van der Waals surface area contributed by atoms with Gasteiger partial charge < -0.3 is 10.1 Å². The molecule has 0 atom stereocenters. The van der Waals surface area contributed by atoms with Crippen molar-refractivity contribution >= 4 is 22.9 Å². The second kappa shape index (κ2) is 9.13. The van der Waals surface area contributed by atoms with Crippen LogP contribution >= 0.6 is 11.3 Å². The number of rotatable bonds is 7. The van der Waals surface area contributed by atoms with Crippen LogP contribution in [0.25, 0.3) is 27.6 Å². The van der Waals surface area contributed by atoms with E-state index in [0.29, 0.717) is 28.6 Å². The van der Waals surface area contributed by atoms with Crippen molar-refractivity contribution in [3.63, 3.8) is 0 Å². The fraction of sp³-hybridized carbons (Fsp3) is 0.0870. The Morgan fingerprint density at radius 3 is 2.64 bits per heavy atom. The van der Waals surface area contributed by atoms with Crippen LogP contribution in [0.4, 0.5) is 4.39 Å². The number of halogens is 1. The summed E-state index contributed by atoms with van der Waals surface area (Å²) in [6, 6.07) is 19.0. The van der Waals surface area contributed by atoms with Gasteiger partial charge in [-0.05, 0) is 30.3 Å². The maximum atomic E-state index is 13.2. The normalized spacial score (nSPS) is 10.9. The Balaban J connectivity index is 1.19. The number of aromatic nitrogens is 5. The van der Waals surface area contributed by atoms with Crippen molar-refractivity contribution in [1.82, 2.24) is 30.1 Å². The first-order valence-electron chi connectivity index (χ1n) is 10.1. The molecule has 0 aliphatic rings. The first kappa shape index (κ1) is 20.7. The van der Waals surface area contributed by atoms with Gasteiger partial charge in [0.05, 0.1) is 6.54 Å². The molecule has 1 N–H and O–H groups in total. The van der Waals surface area contributed by atoms with Gasteiger partial charge in [0.2, 0.25) is 5.88 Å². The van der Waals surface area contributed by atoms with Crippen LogP contribution in [0, 0.1) is 5.82 Å². The zero-order valence-electron chi connectivity index (χ0n) is 17.2. The summed E-state index contributed by atoms with van der Waals surface area (Å²) in [5.41, 5.74) is 2.55. The summed E-state index contributed by atoms with van der Waals surface area (Å²) < 4.78 is 20.4. The minimum atomic E-state index is -0.333. The van der Waals surface area contributed by atoms with Gasteiger partial charge in [0.25, 0.3) is 5.91 Å². The number of nitrogens with zero attached hydrogens (tertiary/aromatic N) is 5. The number of nitrogens with one attached hydrogen (secondary N) is 1. The van der Waals surface area contributed by atoms with Gasteiger partial charge in [0.15, 0.2) is 11.5 Å². The van der Waals surface area contributed by atoms with Crippen LogP contribution in [0.5, 0.6) is 5.88 Å². The number of carbonyl (C=O) groups is 1. The smallest absolute Gasteiger partial charge is 0.270 e. The van der Waals surface area contributed by atoms with Crippen LogP contribution in [0.15, 0.2) is 72.1 Å². The van der Waals surface area contributed by atoms with Crippen molar-refractivity contribution in [2.45, 2.75) is 0 Å². The largest absolute Gasteiger partial charge is 0.475 e. The highest BCUT2D eigenvalue weighted by Crippen LogP contribution is 2.23. The molecule has 3 aromatic heterocycles. The number of thiazole rings is 1. The van der Waals surface area contributed by atoms with Gasteiger partial charge in [-0.1, -0.05) is 30.3 Å². The lowest BCUT2D eigenvalue weighted by Gasteiger charge is -2.07. The fourth-order valence-electron chi connectivity index (χ4n) is 3.13. The third kappa shape index (κ3) is 4.55. The van der Waals surface area contributed by atoms with E-state index in [1.165, 1.54) is 28.0 Å². The summed E-state index contributed by atoms with van der Waals surface area (Å²) in [5, 5.41) is 17.9. The zero-order valence-corrected chi connectivity index (χ0v) is 18.0. The van der Waals surface area contributed by atoms with E-state index >= 15 is 0 Å². The molecule has 1 amide bonds. The summed E-state index contributed by atoms with van der Waals surface area (Å²) in [6.07, 6.45) is 0. The molecule has 5 aromatic rings. The lowest BCUT2D eigenvalue weighted by Crippen LogP contribution is -2.28. The van der Waals surface area contributed by atoms with E-state index in [2.05, 4.69) is 25.6 Å². The molecule has 2 aromatic carbocycles. The lowest BCUT2D eigenvalue weighted by molar-refractivity contribution is 0.0942. The highest BCUT2D eigenvalue weighted by atomic mass is 32.1. The number of hydrogen-bond acceptors (Lipinski definition) is 7. The molecular weight excluding hydrogens is 443 g/mol. The number of benzene rings is 2. The summed E-state index contributed by atoms with van der Waals surface area (Å²) >= 11 is 1.42. The Kier molecular flexibility index (Phi) is 5.73. The molecule has 0 aliphatic carbocycles. The summed E-state index contributed by atoms with van der Waals surface area (Å²) in [5.74, 6) is 0.222. The van der Waals surface area contributed by atoms with Gasteiger partial charge in [-0.3, -0.25) is 4.79 Å². The lowest BCUT2D eigenvalue weighted by atomic mass is 10.2. The quantitative estimate of drug-likeness (QED) is 0.371. The van der Waals surface area contributed by atoms with E-state index in [-0.39, 0.29) is 24.9 Å². The predicted octanol–water partition coefficient (Wildman–Crippen LogP) is 3.86. The zero-order chi connectivity index (χ0) is 22.6. The van der Waals surface area contributed by atoms with Crippen LogP contribution < -0.4 is 10.1 Å². The fourth-order valence-corrected chi connectivity index (χ4v) is 3.94. The van der Waals surface area contributed by atoms with E-state index < -0.39 is 0 Å². The Morgan fingerprint density at radius 2 is 1.82 bits per heavy atom. The number of ether oxygens (including phenoxy) is 1. The molecule has 5 rings (SSSR count). The topological polar surface area (TPSA) is 94.3 Å². The number of fused-ring (bicyclic) bond motifs is 1. The van der Waals surface area contributed by atoms with E-state index in [1.807, 2.05) is 30.3 Å². The molecular formula is C23H17FN6O2S. The van der Waals surface area contributed by atoms with Crippen LogP contribution in [0.1, 0.15) is 10.5 Å². The van der Waals surface area contributed by atoms with Crippen LogP contribution in [-0.2, 0) is 0 Å². The third-order valence-electron chi connectivity index (χ3n) is 4.74. The van der Waals surface area contributed by atoms with Gasteiger partial charge in [-0.25, -0.2) is 9.37 Å². The first-order valence-corrected chi connectivity index (χ1v) is 11.0. The van der Waals surface area contributed by atoms with Crippen LogP contribution in [-0.4, -0.2) is 43.9 Å². The Labute approximate surface area is 191 Å². The molecule has 10 heteroatoms. The first-order chi connectivity index (χ1) is 16.2. The molecule has 164 valence electrons. The second-order valence-corrected chi connectivity index (χ2v) is 7.84. The van der Waals surface area contributed by atoms with E-state index in [4.69, 9.17) is 4.74 Å². The summed E-state index contributed by atoms with van der Waals surface area (Å²) in [6.45, 7) is 0.498.